The van der Waals surface area contributed by atoms with Crippen molar-refractivity contribution < 1.29 is 35.5 Å². The van der Waals surface area contributed by atoms with Gasteiger partial charge in [-0.1, -0.05) is 50.5 Å². The Morgan fingerprint density at radius 1 is 0.657 bits per heavy atom. The minimum Gasteiger partial charge on any atom is -0.399 e. The van der Waals surface area contributed by atoms with Crippen molar-refractivity contribution in [2.75, 3.05) is 0 Å². The van der Waals surface area contributed by atoms with Crippen molar-refractivity contribution in [3.8, 4) is 16.9 Å². The molecule has 0 aliphatic rings. The van der Waals surface area contributed by atoms with Gasteiger partial charge in [0.15, 0.2) is 11.6 Å². The maximum absolute atomic E-state index is 15.1. The van der Waals surface area contributed by atoms with Crippen LogP contribution in [0.3, 0.4) is 0 Å². The second-order valence-corrected chi connectivity index (χ2v) is 8.38. The van der Waals surface area contributed by atoms with E-state index in [-0.39, 0.29) is 21.9 Å². The Bertz CT molecular complexity index is 1370. The van der Waals surface area contributed by atoms with Gasteiger partial charge in [-0.05, 0) is 64.6 Å². The van der Waals surface area contributed by atoms with Crippen molar-refractivity contribution >= 4 is 21.5 Å². The third kappa shape index (κ3) is 5.21. The van der Waals surface area contributed by atoms with E-state index in [1.165, 1.54) is 18.2 Å². The summed E-state index contributed by atoms with van der Waals surface area (Å²) in [5.41, 5.74) is 0.570. The Balaban J connectivity index is 1.74. The molecule has 4 aromatic rings. The molecule has 0 aliphatic heterocycles. The summed E-state index contributed by atoms with van der Waals surface area (Å²) in [6, 6.07) is 10.1. The molecule has 0 fully saturated rings. The molecule has 4 rings (SSSR count). The number of hydrogen-bond donors (Lipinski definition) is 0. The third-order valence-electron chi connectivity index (χ3n) is 5.95. The molecule has 184 valence electrons. The van der Waals surface area contributed by atoms with E-state index in [2.05, 4.69) is 11.7 Å². The molecule has 0 saturated carbocycles. The van der Waals surface area contributed by atoms with E-state index in [4.69, 9.17) is 0 Å². The molecule has 0 radical (unpaired) electrons. The average molecular weight is 494 g/mol. The highest BCUT2D eigenvalue weighted by Crippen LogP contribution is 2.36. The molecule has 0 aromatic heterocycles. The highest BCUT2D eigenvalue weighted by molar-refractivity contribution is 6.09. The molecule has 8 heteroatoms. The highest BCUT2D eigenvalue weighted by Gasteiger charge is 2.34. The molecule has 0 spiro atoms. The summed E-state index contributed by atoms with van der Waals surface area (Å²) in [6.07, 6.45) is -0.789. The van der Waals surface area contributed by atoms with Crippen molar-refractivity contribution in [2.45, 2.75) is 45.4 Å². The standard InChI is InChI=1S/C27H21F7O/c1-2-3-4-5-6-15-7-9-19-18-10-8-16(11-20(18)22(28)14-21(19)25(15)31)17-12-23(29)26(24(30)13-17)35-27(32,33)34/h7-14H,2-6H2,1H3. The van der Waals surface area contributed by atoms with Gasteiger partial charge in [-0.2, -0.15) is 0 Å². The summed E-state index contributed by atoms with van der Waals surface area (Å²) >= 11 is 0. The van der Waals surface area contributed by atoms with E-state index in [0.717, 1.165) is 31.7 Å². The number of unbranched alkanes of at least 4 members (excludes halogenated alkanes) is 3. The van der Waals surface area contributed by atoms with E-state index in [9.17, 15) is 22.0 Å². The van der Waals surface area contributed by atoms with Gasteiger partial charge in [0.1, 0.15) is 11.6 Å². The first-order valence-corrected chi connectivity index (χ1v) is 11.2. The number of hydrogen-bond acceptors (Lipinski definition) is 1. The van der Waals surface area contributed by atoms with E-state index in [1.54, 1.807) is 12.1 Å². The molecule has 0 atom stereocenters. The number of benzene rings is 4. The lowest BCUT2D eigenvalue weighted by atomic mass is 9.94. The first-order chi connectivity index (χ1) is 16.6. The van der Waals surface area contributed by atoms with Gasteiger partial charge < -0.3 is 4.74 Å². The van der Waals surface area contributed by atoms with Crippen LogP contribution < -0.4 is 4.74 Å². The summed E-state index contributed by atoms with van der Waals surface area (Å²) in [5, 5.41) is 1.11. The zero-order valence-corrected chi connectivity index (χ0v) is 18.7. The predicted octanol–water partition coefficient (Wildman–Crippen LogP) is 9.24. The fourth-order valence-electron chi connectivity index (χ4n) is 4.25. The minimum atomic E-state index is -5.26. The Morgan fingerprint density at radius 3 is 1.97 bits per heavy atom. The van der Waals surface area contributed by atoms with Crippen LogP contribution in [0, 0.1) is 23.3 Å². The molecular formula is C27H21F7O. The van der Waals surface area contributed by atoms with Crippen molar-refractivity contribution in [3.05, 3.63) is 77.4 Å². The fraction of sp³-hybridized carbons (Fsp3) is 0.259. The fourth-order valence-corrected chi connectivity index (χ4v) is 4.25. The number of aryl methyl sites for hydroxylation is 1. The first kappa shape index (κ1) is 24.8. The summed E-state index contributed by atoms with van der Waals surface area (Å²) in [4.78, 5) is 0. The van der Waals surface area contributed by atoms with Crippen molar-refractivity contribution in [2.24, 2.45) is 0 Å². The van der Waals surface area contributed by atoms with E-state index in [0.29, 0.717) is 34.9 Å². The molecule has 1 nitrogen and oxygen atoms in total. The van der Waals surface area contributed by atoms with Crippen molar-refractivity contribution in [3.63, 3.8) is 0 Å². The Hall–Kier alpha value is -3.29. The van der Waals surface area contributed by atoms with Gasteiger partial charge in [0.05, 0.1) is 0 Å². The zero-order chi connectivity index (χ0) is 25.3. The monoisotopic (exact) mass is 494 g/mol. The van der Waals surface area contributed by atoms with Crippen LogP contribution in [0.4, 0.5) is 30.7 Å². The number of rotatable bonds is 7. The van der Waals surface area contributed by atoms with Crippen LogP contribution in [0.5, 0.6) is 5.75 Å². The Morgan fingerprint density at radius 2 is 1.31 bits per heavy atom. The highest BCUT2D eigenvalue weighted by atomic mass is 19.4. The molecule has 0 amide bonds. The largest absolute Gasteiger partial charge is 0.573 e. The summed E-state index contributed by atoms with van der Waals surface area (Å²) in [7, 11) is 0. The Kier molecular flexibility index (Phi) is 6.92. The second-order valence-electron chi connectivity index (χ2n) is 8.38. The lowest BCUT2D eigenvalue weighted by molar-refractivity contribution is -0.276. The lowest BCUT2D eigenvalue weighted by Gasteiger charge is -2.13. The molecule has 0 heterocycles. The molecule has 0 saturated heterocycles. The summed E-state index contributed by atoms with van der Waals surface area (Å²) < 4.78 is 99.1. The van der Waals surface area contributed by atoms with Crippen LogP contribution in [-0.2, 0) is 6.42 Å². The minimum absolute atomic E-state index is 0.0848. The van der Waals surface area contributed by atoms with Crippen LogP contribution in [0.1, 0.15) is 38.2 Å². The molecular weight excluding hydrogens is 473 g/mol. The molecule has 0 unspecified atom stereocenters. The maximum Gasteiger partial charge on any atom is 0.573 e. The van der Waals surface area contributed by atoms with Crippen molar-refractivity contribution in [1.29, 1.82) is 0 Å². The number of alkyl halides is 3. The topological polar surface area (TPSA) is 9.23 Å². The van der Waals surface area contributed by atoms with Crippen LogP contribution in [0.2, 0.25) is 0 Å². The average Bonchev–Trinajstić information content (AvgIpc) is 2.80. The SMILES string of the molecule is CCCCCCc1ccc2c(cc(F)c3cc(-c4cc(F)c(OC(F)(F)F)c(F)c4)ccc32)c1F. The third-order valence-corrected chi connectivity index (χ3v) is 5.95. The van der Waals surface area contributed by atoms with Crippen LogP contribution in [-0.4, -0.2) is 6.36 Å². The number of ether oxygens (including phenoxy) is 1. The first-order valence-electron chi connectivity index (χ1n) is 11.2. The second kappa shape index (κ2) is 9.76. The van der Waals surface area contributed by atoms with E-state index in [1.807, 2.05) is 0 Å². The van der Waals surface area contributed by atoms with Crippen LogP contribution >= 0.6 is 0 Å². The summed E-state index contributed by atoms with van der Waals surface area (Å²) in [5.74, 6) is -5.88. The van der Waals surface area contributed by atoms with Crippen molar-refractivity contribution in [1.82, 2.24) is 0 Å². The van der Waals surface area contributed by atoms with Gasteiger partial charge in [-0.3, -0.25) is 0 Å². The number of halogens is 7. The smallest absolute Gasteiger partial charge is 0.399 e. The zero-order valence-electron chi connectivity index (χ0n) is 18.7. The number of fused-ring (bicyclic) bond motifs is 3. The molecule has 0 aliphatic carbocycles. The van der Waals surface area contributed by atoms with E-state index >= 15 is 8.78 Å². The van der Waals surface area contributed by atoms with Gasteiger partial charge in [-0.25, -0.2) is 17.6 Å². The lowest BCUT2D eigenvalue weighted by Crippen LogP contribution is -2.19. The summed E-state index contributed by atoms with van der Waals surface area (Å²) in [6.45, 7) is 2.08. The molecule has 4 aromatic carbocycles. The van der Waals surface area contributed by atoms with Gasteiger partial charge in [0, 0.05) is 10.8 Å². The van der Waals surface area contributed by atoms with Gasteiger partial charge >= 0.3 is 6.36 Å². The maximum atomic E-state index is 15.1. The van der Waals surface area contributed by atoms with Gasteiger partial charge in [0.2, 0.25) is 5.75 Å². The molecule has 0 bridgehead atoms. The van der Waals surface area contributed by atoms with Gasteiger partial charge in [0.25, 0.3) is 0 Å². The van der Waals surface area contributed by atoms with Crippen LogP contribution in [0.25, 0.3) is 32.7 Å². The van der Waals surface area contributed by atoms with E-state index < -0.39 is 35.4 Å². The quantitative estimate of drug-likeness (QED) is 0.141. The normalized spacial score (nSPS) is 12.0. The van der Waals surface area contributed by atoms with Gasteiger partial charge in [-0.15, -0.1) is 13.2 Å². The Labute approximate surface area is 197 Å². The predicted molar refractivity (Wildman–Crippen MR) is 121 cm³/mol. The van der Waals surface area contributed by atoms with Crippen LogP contribution in [0.15, 0.2) is 48.5 Å². The molecule has 0 N–H and O–H groups in total. The molecule has 35 heavy (non-hydrogen) atoms.